The lowest BCUT2D eigenvalue weighted by Gasteiger charge is -2.05. The Morgan fingerprint density at radius 2 is 0.737 bits per heavy atom. The van der Waals surface area contributed by atoms with E-state index in [4.69, 9.17) is 0 Å². The number of hydrogen-bond acceptors (Lipinski definition) is 1. The Morgan fingerprint density at radius 3 is 1.16 bits per heavy atom. The van der Waals surface area contributed by atoms with Crippen LogP contribution in [-0.4, -0.2) is 13.1 Å². The summed E-state index contributed by atoms with van der Waals surface area (Å²) in [5.74, 6) is 0. The summed E-state index contributed by atoms with van der Waals surface area (Å²) in [5, 5.41) is 3.57. The van der Waals surface area contributed by atoms with Gasteiger partial charge in [0.25, 0.3) is 0 Å². The molecular formula is C18H39N. The van der Waals surface area contributed by atoms with Crippen LogP contribution in [0.5, 0.6) is 0 Å². The zero-order valence-corrected chi connectivity index (χ0v) is 13.8. The highest BCUT2D eigenvalue weighted by Gasteiger charge is 1.93. The Bertz CT molecular complexity index is 129. The largest absolute Gasteiger partial charge is 0.317 e. The van der Waals surface area contributed by atoms with Crippen LogP contribution in [0.15, 0.2) is 0 Å². The second-order valence-electron chi connectivity index (χ2n) is 5.99. The molecule has 1 nitrogen and oxygen atoms in total. The molecule has 0 unspecified atom stereocenters. The molecule has 0 heterocycles. The lowest BCUT2D eigenvalue weighted by atomic mass is 10.1. The summed E-state index contributed by atoms with van der Waals surface area (Å²) in [4.78, 5) is 0. The third-order valence-corrected chi connectivity index (χ3v) is 3.91. The van der Waals surface area contributed by atoms with Crippen molar-refractivity contribution in [2.45, 2.75) is 104 Å². The predicted molar refractivity (Wildman–Crippen MR) is 88.9 cm³/mol. The molecule has 0 bridgehead atoms. The van der Waals surface area contributed by atoms with Gasteiger partial charge < -0.3 is 5.32 Å². The number of hydrogen-bond donors (Lipinski definition) is 1. The number of rotatable bonds is 16. The van der Waals surface area contributed by atoms with Gasteiger partial charge in [-0.2, -0.15) is 0 Å². The molecule has 0 radical (unpaired) electrons. The zero-order valence-electron chi connectivity index (χ0n) is 13.8. The Kier molecular flexibility index (Phi) is 17.9. The summed E-state index contributed by atoms with van der Waals surface area (Å²) >= 11 is 0. The lowest BCUT2D eigenvalue weighted by molar-refractivity contribution is 0.535. The summed E-state index contributed by atoms with van der Waals surface area (Å²) < 4.78 is 0. The molecule has 1 heteroatoms. The van der Waals surface area contributed by atoms with Gasteiger partial charge in [-0.15, -0.1) is 0 Å². The molecule has 0 saturated heterocycles. The van der Waals surface area contributed by atoms with E-state index in [9.17, 15) is 0 Å². The second-order valence-corrected chi connectivity index (χ2v) is 5.99. The van der Waals surface area contributed by atoms with Crippen molar-refractivity contribution in [3.8, 4) is 0 Å². The van der Waals surface area contributed by atoms with Crippen molar-refractivity contribution in [3.63, 3.8) is 0 Å². The van der Waals surface area contributed by atoms with Crippen LogP contribution < -0.4 is 5.32 Å². The van der Waals surface area contributed by atoms with Gasteiger partial charge in [0.15, 0.2) is 0 Å². The minimum Gasteiger partial charge on any atom is -0.317 e. The van der Waals surface area contributed by atoms with Gasteiger partial charge in [-0.05, 0) is 25.9 Å². The molecule has 0 atom stereocenters. The van der Waals surface area contributed by atoms with Crippen LogP contribution in [-0.2, 0) is 0 Å². The molecule has 0 aliphatic rings. The quantitative estimate of drug-likeness (QED) is 0.335. The second kappa shape index (κ2) is 18.0. The normalized spacial score (nSPS) is 11.1. The molecule has 0 aromatic rings. The third-order valence-electron chi connectivity index (χ3n) is 3.91. The van der Waals surface area contributed by atoms with E-state index in [1.54, 1.807) is 0 Å². The van der Waals surface area contributed by atoms with Gasteiger partial charge in [0.2, 0.25) is 0 Å². The topological polar surface area (TPSA) is 12.0 Å². The molecule has 0 fully saturated rings. The number of nitrogens with one attached hydrogen (secondary N) is 1. The van der Waals surface area contributed by atoms with E-state index in [1.807, 2.05) is 0 Å². The highest BCUT2D eigenvalue weighted by atomic mass is 14.8. The first-order valence-electron chi connectivity index (χ1n) is 9.12. The van der Waals surface area contributed by atoms with Gasteiger partial charge in [0.05, 0.1) is 0 Å². The van der Waals surface area contributed by atoms with E-state index >= 15 is 0 Å². The van der Waals surface area contributed by atoms with Crippen molar-refractivity contribution in [3.05, 3.63) is 0 Å². The summed E-state index contributed by atoms with van der Waals surface area (Å²) in [6, 6.07) is 0. The molecular weight excluding hydrogens is 230 g/mol. The fourth-order valence-electron chi connectivity index (χ4n) is 2.54. The van der Waals surface area contributed by atoms with E-state index in [-0.39, 0.29) is 0 Å². The molecule has 0 aromatic carbocycles. The van der Waals surface area contributed by atoms with Crippen molar-refractivity contribution in [1.82, 2.24) is 5.32 Å². The van der Waals surface area contributed by atoms with Crippen molar-refractivity contribution in [2.24, 2.45) is 0 Å². The van der Waals surface area contributed by atoms with Crippen molar-refractivity contribution in [2.75, 3.05) is 13.1 Å². The summed E-state index contributed by atoms with van der Waals surface area (Å²) in [6.07, 6.45) is 19.9. The average Bonchev–Trinajstić information content (AvgIpc) is 2.43. The monoisotopic (exact) mass is 269 g/mol. The van der Waals surface area contributed by atoms with Gasteiger partial charge in [0.1, 0.15) is 0 Å². The Balaban J connectivity index is 2.88. The smallest absolute Gasteiger partial charge is 0.00489 e. The maximum absolute atomic E-state index is 3.57. The molecule has 0 amide bonds. The fourth-order valence-corrected chi connectivity index (χ4v) is 2.54. The molecule has 0 aromatic heterocycles. The molecule has 1 N–H and O–H groups in total. The fraction of sp³-hybridized carbons (Fsp3) is 1.00. The highest BCUT2D eigenvalue weighted by Crippen LogP contribution is 2.10. The molecule has 19 heavy (non-hydrogen) atoms. The van der Waals surface area contributed by atoms with Gasteiger partial charge >= 0.3 is 0 Å². The van der Waals surface area contributed by atoms with Crippen LogP contribution in [0, 0.1) is 0 Å². The lowest BCUT2D eigenvalue weighted by Crippen LogP contribution is -2.16. The summed E-state index contributed by atoms with van der Waals surface area (Å²) in [7, 11) is 0. The van der Waals surface area contributed by atoms with Crippen molar-refractivity contribution in [1.29, 1.82) is 0 Å². The van der Waals surface area contributed by atoms with Crippen LogP contribution in [0.3, 0.4) is 0 Å². The zero-order chi connectivity index (χ0) is 14.0. The van der Waals surface area contributed by atoms with E-state index < -0.39 is 0 Å². The Morgan fingerprint density at radius 1 is 0.421 bits per heavy atom. The molecule has 0 saturated carbocycles. The average molecular weight is 270 g/mol. The van der Waals surface area contributed by atoms with Crippen LogP contribution in [0.2, 0.25) is 0 Å². The van der Waals surface area contributed by atoms with Crippen LogP contribution in [0.25, 0.3) is 0 Å². The summed E-state index contributed by atoms with van der Waals surface area (Å²) in [6.45, 7) is 7.04. The van der Waals surface area contributed by atoms with Crippen molar-refractivity contribution < 1.29 is 0 Å². The predicted octanol–water partition coefficient (Wildman–Crippen LogP) is 6.08. The van der Waals surface area contributed by atoms with E-state index in [2.05, 4.69) is 19.2 Å². The van der Waals surface area contributed by atoms with Gasteiger partial charge in [-0.25, -0.2) is 0 Å². The first-order valence-corrected chi connectivity index (χ1v) is 9.12. The third kappa shape index (κ3) is 18.0. The molecule has 0 rings (SSSR count). The van der Waals surface area contributed by atoms with E-state index in [0.29, 0.717) is 0 Å². The van der Waals surface area contributed by atoms with Crippen molar-refractivity contribution >= 4 is 0 Å². The molecule has 0 aliphatic heterocycles. The van der Waals surface area contributed by atoms with E-state index in [1.165, 1.54) is 103 Å². The van der Waals surface area contributed by atoms with Crippen LogP contribution >= 0.6 is 0 Å². The van der Waals surface area contributed by atoms with E-state index in [0.717, 1.165) is 0 Å². The maximum Gasteiger partial charge on any atom is -0.00489 e. The van der Waals surface area contributed by atoms with Gasteiger partial charge in [-0.1, -0.05) is 90.9 Å². The first-order chi connectivity index (χ1) is 9.41. The standard InChI is InChI=1S/C18H39N/c1-3-5-7-9-10-11-12-13-14-16-18-19-17-15-8-6-4-2/h19H,3-18H2,1-2H3. The Labute approximate surface area is 122 Å². The summed E-state index contributed by atoms with van der Waals surface area (Å²) in [5.41, 5.74) is 0. The maximum atomic E-state index is 3.57. The Hall–Kier alpha value is -0.0400. The van der Waals surface area contributed by atoms with Gasteiger partial charge in [-0.3, -0.25) is 0 Å². The number of unbranched alkanes of at least 4 members (excludes halogenated alkanes) is 12. The van der Waals surface area contributed by atoms with Crippen LogP contribution in [0.4, 0.5) is 0 Å². The van der Waals surface area contributed by atoms with Crippen LogP contribution in [0.1, 0.15) is 104 Å². The molecule has 0 aliphatic carbocycles. The highest BCUT2D eigenvalue weighted by molar-refractivity contribution is 4.51. The minimum absolute atomic E-state index is 1.23. The first kappa shape index (κ1) is 19.0. The molecule has 116 valence electrons. The van der Waals surface area contributed by atoms with Gasteiger partial charge in [0, 0.05) is 0 Å². The minimum atomic E-state index is 1.23. The SMILES string of the molecule is CCCCCCCCCCCCNCCCCCC. The molecule has 0 spiro atoms.